The van der Waals surface area contributed by atoms with Crippen LogP contribution in [0.25, 0.3) is 0 Å². The van der Waals surface area contributed by atoms with Crippen molar-refractivity contribution in [2.45, 2.75) is 39.7 Å². The van der Waals surface area contributed by atoms with Gasteiger partial charge in [-0.3, -0.25) is 0 Å². The second-order valence-electron chi connectivity index (χ2n) is 5.77. The van der Waals surface area contributed by atoms with Gasteiger partial charge in [-0.1, -0.05) is 20.8 Å². The van der Waals surface area contributed by atoms with Crippen molar-refractivity contribution >= 4 is 12.0 Å². The molecule has 1 rings (SSSR count). The Balaban J connectivity index is 2.24. The van der Waals surface area contributed by atoms with Crippen molar-refractivity contribution in [3.8, 4) is 0 Å². The summed E-state index contributed by atoms with van der Waals surface area (Å²) in [6.45, 7) is 8.18. The lowest BCUT2D eigenvalue weighted by atomic mass is 10.0. The zero-order chi connectivity index (χ0) is 15.1. The normalized spacial score (nSPS) is 22.3. The second-order valence-corrected chi connectivity index (χ2v) is 5.77. The fraction of sp³-hybridized carbons (Fsp3) is 0.857. The van der Waals surface area contributed by atoms with Gasteiger partial charge in [-0.25, -0.2) is 9.59 Å². The summed E-state index contributed by atoms with van der Waals surface area (Å²) in [5.41, 5.74) is 0. The molecule has 0 radical (unpaired) electrons. The molecule has 0 spiro atoms. The van der Waals surface area contributed by atoms with Gasteiger partial charge < -0.3 is 20.1 Å². The SMILES string of the molecule is CC(C)CCOCCNC(=O)N1CCC(C)C1C(=O)O. The second kappa shape index (κ2) is 8.09. The van der Waals surface area contributed by atoms with Gasteiger partial charge >= 0.3 is 12.0 Å². The standard InChI is InChI=1S/C14H26N2O4/c1-10(2)5-8-20-9-6-15-14(19)16-7-4-11(3)12(16)13(17)18/h10-12H,4-9H2,1-3H3,(H,15,19)(H,17,18). The molecule has 0 aromatic carbocycles. The van der Waals surface area contributed by atoms with Crippen LogP contribution in [0.3, 0.4) is 0 Å². The minimum atomic E-state index is -0.932. The third kappa shape index (κ3) is 5.00. The molecule has 0 aromatic rings. The fourth-order valence-electron chi connectivity index (χ4n) is 2.30. The van der Waals surface area contributed by atoms with Crippen molar-refractivity contribution in [2.75, 3.05) is 26.3 Å². The number of hydrogen-bond acceptors (Lipinski definition) is 3. The van der Waals surface area contributed by atoms with Gasteiger partial charge in [0.2, 0.25) is 0 Å². The van der Waals surface area contributed by atoms with E-state index in [1.54, 1.807) is 0 Å². The smallest absolute Gasteiger partial charge is 0.326 e. The van der Waals surface area contributed by atoms with Crippen LogP contribution in [0.5, 0.6) is 0 Å². The first-order valence-corrected chi connectivity index (χ1v) is 7.28. The predicted molar refractivity (Wildman–Crippen MR) is 75.6 cm³/mol. The molecule has 20 heavy (non-hydrogen) atoms. The number of rotatable bonds is 7. The zero-order valence-corrected chi connectivity index (χ0v) is 12.6. The fourth-order valence-corrected chi connectivity index (χ4v) is 2.30. The molecule has 0 aliphatic carbocycles. The van der Waals surface area contributed by atoms with Crippen molar-refractivity contribution in [3.05, 3.63) is 0 Å². The van der Waals surface area contributed by atoms with Gasteiger partial charge in [-0.05, 0) is 24.7 Å². The number of likely N-dealkylation sites (tertiary alicyclic amines) is 1. The number of carbonyl (C=O) groups excluding carboxylic acids is 1. The number of ether oxygens (including phenoxy) is 1. The highest BCUT2D eigenvalue weighted by molar-refractivity contribution is 5.83. The van der Waals surface area contributed by atoms with E-state index >= 15 is 0 Å². The van der Waals surface area contributed by atoms with Gasteiger partial charge in [-0.2, -0.15) is 0 Å². The number of amides is 2. The summed E-state index contributed by atoms with van der Waals surface area (Å²) >= 11 is 0. The van der Waals surface area contributed by atoms with E-state index in [1.807, 2.05) is 6.92 Å². The van der Waals surface area contributed by atoms with E-state index in [-0.39, 0.29) is 11.9 Å². The molecule has 1 saturated heterocycles. The first kappa shape index (κ1) is 16.8. The highest BCUT2D eigenvalue weighted by Crippen LogP contribution is 2.23. The molecule has 1 fully saturated rings. The first-order valence-electron chi connectivity index (χ1n) is 7.28. The summed E-state index contributed by atoms with van der Waals surface area (Å²) in [4.78, 5) is 24.5. The number of carboxylic acid groups (broad SMARTS) is 1. The van der Waals surface area contributed by atoms with Gasteiger partial charge in [-0.15, -0.1) is 0 Å². The largest absolute Gasteiger partial charge is 0.480 e. The van der Waals surface area contributed by atoms with E-state index in [0.717, 1.165) is 12.8 Å². The van der Waals surface area contributed by atoms with Crippen LogP contribution in [0, 0.1) is 11.8 Å². The quantitative estimate of drug-likeness (QED) is 0.696. The first-order chi connectivity index (χ1) is 9.43. The van der Waals surface area contributed by atoms with Crippen LogP contribution in [0.4, 0.5) is 4.79 Å². The molecule has 2 atom stereocenters. The maximum absolute atomic E-state index is 11.9. The van der Waals surface area contributed by atoms with E-state index in [4.69, 9.17) is 9.84 Å². The Hall–Kier alpha value is -1.30. The molecule has 0 bridgehead atoms. The maximum Gasteiger partial charge on any atom is 0.326 e. The number of carboxylic acids is 1. The zero-order valence-electron chi connectivity index (χ0n) is 12.6. The third-order valence-electron chi connectivity index (χ3n) is 3.58. The number of hydrogen-bond donors (Lipinski definition) is 2. The summed E-state index contributed by atoms with van der Waals surface area (Å²) < 4.78 is 5.40. The lowest BCUT2D eigenvalue weighted by Crippen LogP contribution is -2.48. The summed E-state index contributed by atoms with van der Waals surface area (Å²) in [6.07, 6.45) is 1.73. The number of nitrogens with one attached hydrogen (secondary N) is 1. The van der Waals surface area contributed by atoms with Crippen molar-refractivity contribution in [2.24, 2.45) is 11.8 Å². The van der Waals surface area contributed by atoms with Gasteiger partial charge in [0, 0.05) is 19.7 Å². The van der Waals surface area contributed by atoms with E-state index < -0.39 is 12.0 Å². The van der Waals surface area contributed by atoms with E-state index in [2.05, 4.69) is 19.2 Å². The van der Waals surface area contributed by atoms with Crippen LogP contribution < -0.4 is 5.32 Å². The molecule has 2 N–H and O–H groups in total. The number of urea groups is 1. The number of aliphatic carboxylic acids is 1. The Morgan fingerprint density at radius 3 is 2.70 bits per heavy atom. The monoisotopic (exact) mass is 286 g/mol. The summed E-state index contributed by atoms with van der Waals surface area (Å²) in [5, 5.41) is 11.9. The van der Waals surface area contributed by atoms with Crippen LogP contribution in [0.2, 0.25) is 0 Å². The minimum Gasteiger partial charge on any atom is -0.480 e. The average molecular weight is 286 g/mol. The number of carbonyl (C=O) groups is 2. The van der Waals surface area contributed by atoms with Gasteiger partial charge in [0.1, 0.15) is 6.04 Å². The summed E-state index contributed by atoms with van der Waals surface area (Å²) in [6, 6.07) is -1.02. The Morgan fingerprint density at radius 2 is 2.10 bits per heavy atom. The molecule has 2 unspecified atom stereocenters. The molecule has 0 aromatic heterocycles. The average Bonchev–Trinajstić information content (AvgIpc) is 2.75. The number of nitrogens with zero attached hydrogens (tertiary/aromatic N) is 1. The van der Waals surface area contributed by atoms with Crippen molar-refractivity contribution in [3.63, 3.8) is 0 Å². The van der Waals surface area contributed by atoms with Crippen LogP contribution >= 0.6 is 0 Å². The molecular formula is C14H26N2O4. The van der Waals surface area contributed by atoms with Crippen molar-refractivity contribution < 1.29 is 19.4 Å². The Bertz CT molecular complexity index is 333. The highest BCUT2D eigenvalue weighted by atomic mass is 16.5. The predicted octanol–water partition coefficient (Wildman–Crippen LogP) is 1.55. The van der Waals surface area contributed by atoms with Crippen LogP contribution in [0.1, 0.15) is 33.6 Å². The highest BCUT2D eigenvalue weighted by Gasteiger charge is 2.39. The van der Waals surface area contributed by atoms with Gasteiger partial charge in [0.05, 0.1) is 6.61 Å². The van der Waals surface area contributed by atoms with E-state index in [1.165, 1.54) is 4.90 Å². The lowest BCUT2D eigenvalue weighted by Gasteiger charge is -2.23. The lowest BCUT2D eigenvalue weighted by molar-refractivity contribution is -0.142. The summed E-state index contributed by atoms with van der Waals surface area (Å²) in [7, 11) is 0. The van der Waals surface area contributed by atoms with Crippen molar-refractivity contribution in [1.29, 1.82) is 0 Å². The topological polar surface area (TPSA) is 78.9 Å². The molecule has 116 valence electrons. The maximum atomic E-state index is 11.9. The van der Waals surface area contributed by atoms with Crippen LogP contribution in [-0.2, 0) is 9.53 Å². The Morgan fingerprint density at radius 1 is 1.40 bits per heavy atom. The Labute approximate surface area is 120 Å². The molecule has 1 heterocycles. The molecule has 6 heteroatoms. The molecular weight excluding hydrogens is 260 g/mol. The Kier molecular flexibility index (Phi) is 6.78. The minimum absolute atomic E-state index is 0.000502. The molecule has 1 aliphatic heterocycles. The van der Waals surface area contributed by atoms with Crippen molar-refractivity contribution in [1.82, 2.24) is 10.2 Å². The van der Waals surface area contributed by atoms with E-state index in [0.29, 0.717) is 32.2 Å². The third-order valence-corrected chi connectivity index (χ3v) is 3.58. The molecule has 6 nitrogen and oxygen atoms in total. The van der Waals surface area contributed by atoms with Gasteiger partial charge in [0.15, 0.2) is 0 Å². The molecule has 1 aliphatic rings. The van der Waals surface area contributed by atoms with Crippen LogP contribution in [-0.4, -0.2) is 54.4 Å². The van der Waals surface area contributed by atoms with Gasteiger partial charge in [0.25, 0.3) is 0 Å². The molecule has 0 saturated carbocycles. The molecule has 2 amide bonds. The van der Waals surface area contributed by atoms with E-state index in [9.17, 15) is 9.59 Å². The summed E-state index contributed by atoms with van der Waals surface area (Å²) in [5.74, 6) is -0.328. The van der Waals surface area contributed by atoms with Crippen LogP contribution in [0.15, 0.2) is 0 Å².